The van der Waals surface area contributed by atoms with Crippen LogP contribution in [-0.2, 0) is 11.5 Å². The van der Waals surface area contributed by atoms with Gasteiger partial charge in [0.1, 0.15) is 4.38 Å². The molecule has 0 aliphatic carbocycles. The molecule has 0 N–H and O–H groups in total. The largest absolute Gasteiger partial charge is 0.275 e. The van der Waals surface area contributed by atoms with Gasteiger partial charge in [0.2, 0.25) is 0 Å². The van der Waals surface area contributed by atoms with E-state index in [-0.39, 0.29) is 0 Å². The predicted octanol–water partition coefficient (Wildman–Crippen LogP) is 4.84. The Morgan fingerprint density at radius 1 is 0.789 bits per heavy atom. The normalized spacial score (nSPS) is 10.2. The molecule has 0 unspecified atom stereocenters. The second-order valence-electron chi connectivity index (χ2n) is 4.04. The summed E-state index contributed by atoms with van der Waals surface area (Å²) in [5.41, 5.74) is 2.68. The Balaban J connectivity index is 1.81. The van der Waals surface area contributed by atoms with Crippen LogP contribution in [0.1, 0.15) is 11.1 Å². The van der Waals surface area contributed by atoms with Crippen LogP contribution in [0.25, 0.3) is 0 Å². The lowest BCUT2D eigenvalue weighted by Crippen LogP contribution is -1.90. The lowest BCUT2D eigenvalue weighted by Gasteiger charge is -2.05. The minimum atomic E-state index is 0.981. The van der Waals surface area contributed by atoms with E-state index in [4.69, 9.17) is 0 Å². The van der Waals surface area contributed by atoms with E-state index in [9.17, 15) is 0 Å². The van der Waals surface area contributed by atoms with Gasteiger partial charge in [-0.2, -0.15) is 0 Å². The van der Waals surface area contributed by atoms with Gasteiger partial charge in [0.05, 0.1) is 0 Å². The minimum Gasteiger partial charge on any atom is -0.275 e. The molecule has 19 heavy (non-hydrogen) atoms. The molecular weight excluding hydrogens is 270 g/mol. The molecule has 0 saturated carbocycles. The van der Waals surface area contributed by atoms with E-state index in [1.807, 2.05) is 19.2 Å². The summed E-state index contributed by atoms with van der Waals surface area (Å²) in [4.78, 5) is 4.36. The van der Waals surface area contributed by atoms with Crippen LogP contribution < -0.4 is 0 Å². The van der Waals surface area contributed by atoms with E-state index in [1.165, 1.54) is 11.1 Å². The van der Waals surface area contributed by atoms with E-state index in [0.29, 0.717) is 0 Å². The van der Waals surface area contributed by atoms with Gasteiger partial charge in [-0.3, -0.25) is 4.99 Å². The summed E-state index contributed by atoms with van der Waals surface area (Å²) >= 11 is 3.61. The van der Waals surface area contributed by atoms with Gasteiger partial charge in [-0.05, 0) is 11.1 Å². The Hall–Kier alpha value is -1.19. The summed E-state index contributed by atoms with van der Waals surface area (Å²) in [5, 5.41) is 0. The number of hydrogen-bond donors (Lipinski definition) is 0. The third kappa shape index (κ3) is 5.13. The fraction of sp³-hybridized carbons (Fsp3) is 0.188. The predicted molar refractivity (Wildman–Crippen MR) is 88.8 cm³/mol. The Bertz CT molecular complexity index is 463. The number of aliphatic imine (C=N–C) groups is 1. The van der Waals surface area contributed by atoms with Gasteiger partial charge in [-0.15, -0.1) is 0 Å². The van der Waals surface area contributed by atoms with Gasteiger partial charge in [0, 0.05) is 18.6 Å². The van der Waals surface area contributed by atoms with Crippen molar-refractivity contribution in [3.8, 4) is 0 Å². The molecule has 0 saturated heterocycles. The van der Waals surface area contributed by atoms with Crippen LogP contribution >= 0.6 is 23.5 Å². The fourth-order valence-electron chi connectivity index (χ4n) is 1.61. The molecule has 0 spiro atoms. The van der Waals surface area contributed by atoms with Crippen LogP contribution in [0.3, 0.4) is 0 Å². The highest BCUT2D eigenvalue weighted by atomic mass is 32.2. The molecule has 2 aromatic rings. The fourth-order valence-corrected chi connectivity index (χ4v) is 3.52. The maximum atomic E-state index is 4.36. The van der Waals surface area contributed by atoms with Crippen LogP contribution in [-0.4, -0.2) is 11.4 Å². The molecule has 0 bridgehead atoms. The molecule has 2 aromatic carbocycles. The summed E-state index contributed by atoms with van der Waals surface area (Å²) in [7, 11) is 1.87. The maximum Gasteiger partial charge on any atom is 0.124 e. The highest BCUT2D eigenvalue weighted by molar-refractivity contribution is 8.38. The standard InChI is InChI=1S/C16H17NS2/c1-17-16(18-12-14-8-4-2-5-9-14)19-13-15-10-6-3-7-11-15/h2-11H,12-13H2,1H3. The summed E-state index contributed by atoms with van der Waals surface area (Å²) in [5.74, 6) is 1.96. The van der Waals surface area contributed by atoms with Crippen molar-refractivity contribution in [1.29, 1.82) is 0 Å². The quantitative estimate of drug-likeness (QED) is 0.589. The van der Waals surface area contributed by atoms with Crippen LogP contribution in [0, 0.1) is 0 Å². The highest BCUT2D eigenvalue weighted by Crippen LogP contribution is 2.24. The van der Waals surface area contributed by atoms with Crippen molar-refractivity contribution in [3.63, 3.8) is 0 Å². The van der Waals surface area contributed by atoms with Crippen molar-refractivity contribution in [2.24, 2.45) is 4.99 Å². The smallest absolute Gasteiger partial charge is 0.124 e. The van der Waals surface area contributed by atoms with Gasteiger partial charge in [0.25, 0.3) is 0 Å². The van der Waals surface area contributed by atoms with Crippen molar-refractivity contribution in [1.82, 2.24) is 0 Å². The minimum absolute atomic E-state index is 0.981. The van der Waals surface area contributed by atoms with Crippen molar-refractivity contribution in [3.05, 3.63) is 71.8 Å². The third-order valence-electron chi connectivity index (χ3n) is 2.59. The molecule has 2 rings (SSSR count). The Morgan fingerprint density at radius 3 is 1.58 bits per heavy atom. The molecular formula is C16H17NS2. The molecule has 0 aliphatic rings. The molecule has 0 fully saturated rings. The van der Waals surface area contributed by atoms with Crippen LogP contribution in [0.5, 0.6) is 0 Å². The van der Waals surface area contributed by atoms with Gasteiger partial charge in [0.15, 0.2) is 0 Å². The first-order valence-electron chi connectivity index (χ1n) is 6.18. The Morgan fingerprint density at radius 2 is 1.21 bits per heavy atom. The topological polar surface area (TPSA) is 12.4 Å². The lowest BCUT2D eigenvalue weighted by atomic mass is 10.2. The van der Waals surface area contributed by atoms with Crippen LogP contribution in [0.2, 0.25) is 0 Å². The van der Waals surface area contributed by atoms with Crippen molar-refractivity contribution < 1.29 is 0 Å². The molecule has 0 amide bonds. The molecule has 3 heteroatoms. The zero-order chi connectivity index (χ0) is 13.3. The highest BCUT2D eigenvalue weighted by Gasteiger charge is 2.02. The second kappa shape index (κ2) is 8.08. The average molecular weight is 287 g/mol. The van der Waals surface area contributed by atoms with E-state index in [1.54, 1.807) is 23.5 Å². The maximum absolute atomic E-state index is 4.36. The van der Waals surface area contributed by atoms with E-state index in [2.05, 4.69) is 53.5 Å². The third-order valence-corrected chi connectivity index (χ3v) is 5.11. The first-order chi connectivity index (χ1) is 9.38. The molecule has 0 aliphatic heterocycles. The molecule has 1 nitrogen and oxygen atoms in total. The SMILES string of the molecule is CN=C(SCc1ccccc1)SCc1ccccc1. The summed E-state index contributed by atoms with van der Waals surface area (Å²) in [6.07, 6.45) is 0. The molecule has 0 aromatic heterocycles. The Kier molecular flexibility index (Phi) is 6.05. The summed E-state index contributed by atoms with van der Waals surface area (Å²) in [6, 6.07) is 21.0. The summed E-state index contributed by atoms with van der Waals surface area (Å²) in [6.45, 7) is 0. The lowest BCUT2D eigenvalue weighted by molar-refractivity contribution is 1.42. The molecule has 0 atom stereocenters. The first-order valence-corrected chi connectivity index (χ1v) is 8.16. The van der Waals surface area contributed by atoms with Crippen molar-refractivity contribution >= 4 is 27.9 Å². The second-order valence-corrected chi connectivity index (χ2v) is 6.22. The van der Waals surface area contributed by atoms with Gasteiger partial charge in [-0.1, -0.05) is 84.2 Å². The average Bonchev–Trinajstić information content (AvgIpc) is 2.49. The van der Waals surface area contributed by atoms with E-state index in [0.717, 1.165) is 15.9 Å². The zero-order valence-electron chi connectivity index (χ0n) is 11.0. The monoisotopic (exact) mass is 287 g/mol. The van der Waals surface area contributed by atoms with Gasteiger partial charge in [-0.25, -0.2) is 0 Å². The Labute approximate surface area is 123 Å². The van der Waals surface area contributed by atoms with E-state index >= 15 is 0 Å². The first kappa shape index (κ1) is 14.2. The van der Waals surface area contributed by atoms with Gasteiger partial charge < -0.3 is 0 Å². The molecule has 0 heterocycles. The number of hydrogen-bond acceptors (Lipinski definition) is 3. The summed E-state index contributed by atoms with van der Waals surface area (Å²) < 4.78 is 1.15. The van der Waals surface area contributed by atoms with Gasteiger partial charge >= 0.3 is 0 Å². The molecule has 98 valence electrons. The number of benzene rings is 2. The van der Waals surface area contributed by atoms with Crippen LogP contribution in [0.4, 0.5) is 0 Å². The van der Waals surface area contributed by atoms with Crippen molar-refractivity contribution in [2.75, 3.05) is 7.05 Å². The molecule has 0 radical (unpaired) electrons. The van der Waals surface area contributed by atoms with E-state index < -0.39 is 0 Å². The van der Waals surface area contributed by atoms with Crippen molar-refractivity contribution in [2.45, 2.75) is 11.5 Å². The number of rotatable bonds is 4. The number of thioether (sulfide) groups is 2. The number of nitrogens with zero attached hydrogens (tertiary/aromatic N) is 1. The zero-order valence-corrected chi connectivity index (χ0v) is 12.6. The van der Waals surface area contributed by atoms with Crippen LogP contribution in [0.15, 0.2) is 65.7 Å².